The second-order valence-corrected chi connectivity index (χ2v) is 10.3. The van der Waals surface area contributed by atoms with Crippen LogP contribution in [-0.4, -0.2) is 61.3 Å². The molecule has 0 spiro atoms. The van der Waals surface area contributed by atoms with Crippen LogP contribution < -0.4 is 11.3 Å². The minimum absolute atomic E-state index is 0.0116. The molecule has 3 N–H and O–H groups in total. The highest BCUT2D eigenvalue weighted by molar-refractivity contribution is 5.95. The number of ether oxygens (including phenoxy) is 1. The van der Waals surface area contributed by atoms with Crippen LogP contribution in [0, 0.1) is 11.3 Å². The van der Waals surface area contributed by atoms with E-state index >= 15 is 0 Å². The van der Waals surface area contributed by atoms with Crippen LogP contribution in [0.4, 0.5) is 0 Å². The minimum atomic E-state index is -0.974. The SMILES string of the molecule is CC1(Cn2c(O)c(C(N)=O)c(=O)n3nc(C4CC4/C=C/C(=O)N4C[C@@H]5C[C@H]4CO5)cc23)CC1. The van der Waals surface area contributed by atoms with Crippen molar-refractivity contribution in [1.82, 2.24) is 19.1 Å². The van der Waals surface area contributed by atoms with Gasteiger partial charge in [0.2, 0.25) is 11.8 Å². The number of morpholine rings is 1. The molecule has 2 aliphatic carbocycles. The zero-order valence-electron chi connectivity index (χ0n) is 18.4. The summed E-state index contributed by atoms with van der Waals surface area (Å²) in [6, 6.07) is 1.99. The summed E-state index contributed by atoms with van der Waals surface area (Å²) in [6.07, 6.45) is 7.50. The van der Waals surface area contributed by atoms with Gasteiger partial charge in [0, 0.05) is 25.1 Å². The number of nitrogens with zero attached hydrogens (tertiary/aromatic N) is 4. The van der Waals surface area contributed by atoms with Crippen molar-refractivity contribution in [2.24, 2.45) is 17.1 Å². The Morgan fingerprint density at radius 1 is 1.36 bits per heavy atom. The molecule has 6 rings (SSSR count). The Morgan fingerprint density at radius 3 is 2.79 bits per heavy atom. The van der Waals surface area contributed by atoms with Crippen molar-refractivity contribution in [3.63, 3.8) is 0 Å². The van der Waals surface area contributed by atoms with Gasteiger partial charge >= 0.3 is 0 Å². The van der Waals surface area contributed by atoms with Gasteiger partial charge in [-0.3, -0.25) is 19.0 Å². The average Bonchev–Trinajstić information content (AvgIpc) is 3.50. The van der Waals surface area contributed by atoms with E-state index in [2.05, 4.69) is 12.0 Å². The number of amides is 2. The Hall–Kier alpha value is -3.14. The molecule has 4 aliphatic rings. The van der Waals surface area contributed by atoms with E-state index in [0.29, 0.717) is 31.0 Å². The van der Waals surface area contributed by atoms with Gasteiger partial charge in [0.1, 0.15) is 5.65 Å². The molecule has 2 bridgehead atoms. The Morgan fingerprint density at radius 2 is 2.15 bits per heavy atom. The second kappa shape index (κ2) is 6.93. The number of nitrogens with two attached hydrogens (primary N) is 1. The highest BCUT2D eigenvalue weighted by Crippen LogP contribution is 2.49. The lowest BCUT2D eigenvalue weighted by Gasteiger charge is -2.25. The highest BCUT2D eigenvalue weighted by atomic mass is 16.5. The topological polar surface area (TPSA) is 132 Å². The molecule has 0 radical (unpaired) electrons. The first-order chi connectivity index (χ1) is 15.7. The number of aromatic nitrogens is 3. The fourth-order valence-corrected chi connectivity index (χ4v) is 5.22. The maximum Gasteiger partial charge on any atom is 0.291 e. The van der Waals surface area contributed by atoms with Crippen molar-refractivity contribution < 1.29 is 19.4 Å². The predicted octanol–water partition coefficient (Wildman–Crippen LogP) is 0.760. The summed E-state index contributed by atoms with van der Waals surface area (Å²) in [5.74, 6) is -1.13. The van der Waals surface area contributed by atoms with Crippen LogP contribution in [0.1, 0.15) is 54.6 Å². The van der Waals surface area contributed by atoms with E-state index < -0.39 is 22.9 Å². The molecule has 10 nitrogen and oxygen atoms in total. The van der Waals surface area contributed by atoms with Gasteiger partial charge in [0.05, 0.1) is 24.4 Å². The number of aromatic hydroxyl groups is 1. The molecular formula is C23H27N5O5. The molecule has 0 aromatic carbocycles. The van der Waals surface area contributed by atoms with Gasteiger partial charge in [-0.15, -0.1) is 0 Å². The van der Waals surface area contributed by atoms with Crippen molar-refractivity contribution >= 4 is 17.5 Å². The van der Waals surface area contributed by atoms with Crippen LogP contribution in [0.25, 0.3) is 5.65 Å². The van der Waals surface area contributed by atoms with Crippen molar-refractivity contribution in [2.75, 3.05) is 13.2 Å². The molecular weight excluding hydrogens is 426 g/mol. The Kier molecular flexibility index (Phi) is 4.30. The minimum Gasteiger partial charge on any atom is -0.494 e. The lowest BCUT2D eigenvalue weighted by molar-refractivity contribution is -0.130. The molecule has 2 saturated heterocycles. The van der Waals surface area contributed by atoms with Gasteiger partial charge in [-0.25, -0.2) is 0 Å². The zero-order chi connectivity index (χ0) is 23.1. The number of fused-ring (bicyclic) bond motifs is 3. The van der Waals surface area contributed by atoms with Gasteiger partial charge in [-0.05, 0) is 43.1 Å². The first-order valence-electron chi connectivity index (χ1n) is 11.5. The summed E-state index contributed by atoms with van der Waals surface area (Å²) < 4.78 is 8.30. The van der Waals surface area contributed by atoms with E-state index in [0.717, 1.165) is 25.7 Å². The van der Waals surface area contributed by atoms with E-state index in [1.807, 2.05) is 11.0 Å². The quantitative estimate of drug-likeness (QED) is 0.621. The number of hydrogen-bond acceptors (Lipinski definition) is 6. The smallest absolute Gasteiger partial charge is 0.291 e. The molecule has 10 heteroatoms. The number of carbonyl (C=O) groups is 2. The van der Waals surface area contributed by atoms with Crippen LogP contribution in [0.5, 0.6) is 5.88 Å². The maximum absolute atomic E-state index is 12.8. The number of rotatable bonds is 6. The molecule has 2 saturated carbocycles. The van der Waals surface area contributed by atoms with Crippen LogP contribution in [0.3, 0.4) is 0 Å². The molecule has 4 fully saturated rings. The van der Waals surface area contributed by atoms with Gasteiger partial charge in [0.15, 0.2) is 5.56 Å². The van der Waals surface area contributed by atoms with Crippen molar-refractivity contribution in [3.8, 4) is 5.88 Å². The van der Waals surface area contributed by atoms with E-state index in [1.165, 1.54) is 4.52 Å². The van der Waals surface area contributed by atoms with Crippen molar-refractivity contribution in [1.29, 1.82) is 0 Å². The molecule has 2 aliphatic heterocycles. The molecule has 4 heterocycles. The zero-order valence-corrected chi connectivity index (χ0v) is 18.4. The van der Waals surface area contributed by atoms with E-state index in [1.54, 1.807) is 16.7 Å². The molecule has 33 heavy (non-hydrogen) atoms. The lowest BCUT2D eigenvalue weighted by atomic mass is 10.1. The Bertz CT molecular complexity index is 1270. The number of primary amides is 1. The van der Waals surface area contributed by atoms with Crippen LogP contribution in [0.15, 0.2) is 23.0 Å². The van der Waals surface area contributed by atoms with Crippen LogP contribution in [-0.2, 0) is 16.1 Å². The number of likely N-dealkylation sites (tertiary alicyclic amines) is 1. The summed E-state index contributed by atoms with van der Waals surface area (Å²) in [7, 11) is 0. The van der Waals surface area contributed by atoms with Gasteiger partial charge in [-0.1, -0.05) is 13.0 Å². The van der Waals surface area contributed by atoms with E-state index in [9.17, 15) is 19.5 Å². The first kappa shape index (κ1) is 20.5. The fourth-order valence-electron chi connectivity index (χ4n) is 5.22. The summed E-state index contributed by atoms with van der Waals surface area (Å²) in [5.41, 5.74) is 5.40. The summed E-state index contributed by atoms with van der Waals surface area (Å²) in [6.45, 7) is 3.84. The normalized spacial score (nSPS) is 29.3. The lowest BCUT2D eigenvalue weighted by Crippen LogP contribution is -2.40. The third-order valence-corrected chi connectivity index (χ3v) is 7.65. The third-order valence-electron chi connectivity index (χ3n) is 7.65. The van der Waals surface area contributed by atoms with E-state index in [4.69, 9.17) is 10.5 Å². The third kappa shape index (κ3) is 3.35. The number of hydrogen-bond donors (Lipinski definition) is 2. The Balaban J connectivity index is 1.27. The summed E-state index contributed by atoms with van der Waals surface area (Å²) in [5, 5.41) is 15.2. The predicted molar refractivity (Wildman–Crippen MR) is 117 cm³/mol. The summed E-state index contributed by atoms with van der Waals surface area (Å²) in [4.78, 5) is 39.2. The monoisotopic (exact) mass is 453 g/mol. The largest absolute Gasteiger partial charge is 0.494 e. The highest BCUT2D eigenvalue weighted by Gasteiger charge is 2.43. The van der Waals surface area contributed by atoms with Gasteiger partial charge < -0.3 is 20.5 Å². The maximum atomic E-state index is 12.8. The molecule has 2 amide bonds. The molecule has 2 aromatic heterocycles. The van der Waals surface area contributed by atoms with Gasteiger partial charge in [-0.2, -0.15) is 9.61 Å². The summed E-state index contributed by atoms with van der Waals surface area (Å²) >= 11 is 0. The molecule has 2 unspecified atom stereocenters. The molecule has 174 valence electrons. The first-order valence-corrected chi connectivity index (χ1v) is 11.5. The fraction of sp³-hybridized carbons (Fsp3) is 0.565. The van der Waals surface area contributed by atoms with Crippen LogP contribution in [0.2, 0.25) is 0 Å². The van der Waals surface area contributed by atoms with Gasteiger partial charge in [0.25, 0.3) is 11.5 Å². The standard InChI is InChI=1S/C23H27N5O5/c1-23(4-5-23)11-27-17-8-16(25-28(17)22(32)19(20(24)30)21(27)31)15-6-12(15)2-3-18(29)26-9-14-7-13(26)10-33-14/h2-3,8,12-15,31H,4-7,9-11H2,1H3,(H2,24,30)/b3-2+/t12?,13-,14-,15?/m0/s1. The number of allylic oxidation sites excluding steroid dienone is 1. The molecule has 2 aromatic rings. The molecule has 4 atom stereocenters. The van der Waals surface area contributed by atoms with Crippen LogP contribution >= 0.6 is 0 Å². The van der Waals surface area contributed by atoms with Crippen molar-refractivity contribution in [2.45, 2.75) is 57.2 Å². The van der Waals surface area contributed by atoms with Crippen molar-refractivity contribution in [3.05, 3.63) is 39.8 Å². The second-order valence-electron chi connectivity index (χ2n) is 10.3. The number of carbonyl (C=O) groups excluding carboxylic acids is 2. The average molecular weight is 453 g/mol. The van der Waals surface area contributed by atoms with E-state index in [-0.39, 0.29) is 35.3 Å². The Labute approximate surface area is 189 Å².